The molecule has 0 saturated heterocycles. The number of aromatic hydroxyl groups is 1. The van der Waals surface area contributed by atoms with E-state index in [-0.39, 0.29) is 86.7 Å². The molecule has 0 radical (unpaired) electrons. The number of nitrogen functional groups attached to an aromatic ring is 2. The van der Waals surface area contributed by atoms with Crippen molar-refractivity contribution in [2.75, 3.05) is 43.2 Å². The van der Waals surface area contributed by atoms with Gasteiger partial charge in [-0.05, 0) is 209 Å². The van der Waals surface area contributed by atoms with Crippen molar-refractivity contribution >= 4 is 128 Å². The monoisotopic (exact) mass is 1960 g/mol. The van der Waals surface area contributed by atoms with E-state index in [0.29, 0.717) is 81.3 Å². The third-order valence-corrected chi connectivity index (χ3v) is 17.8. The first-order valence-electron chi connectivity index (χ1n) is 39.1. The number of pyridine rings is 5. The van der Waals surface area contributed by atoms with Gasteiger partial charge in [-0.2, -0.15) is 26.3 Å². The van der Waals surface area contributed by atoms with Gasteiger partial charge in [-0.25, -0.2) is 53.7 Å². The summed E-state index contributed by atoms with van der Waals surface area (Å²) < 4.78 is 116. The SMILES string of the molecule is CCOC(=O)c1cc(Cl)ccn1.CCOC(=O)c1cc(Oc2ccc(CC(=O)Cc3ccc(Cl)c(C)c3)cc2)ccn1.CCOC(=O)c1cc(Oc2ccc(N)cc2)ccn1.CCOC(=O)c1cc(Oc2ccc([N+](=O)[O-])cc2)ccn1.Nc1ccc(Cl)c(C(F)(F)F)c1.O=C(Nc1ccc(Cl)c(C(F)(F)F)c1)Oc1ccccc1.O=C(O)c1cc(Cl)ccn1.O=[N+]([O-])c1ccc(O)cc1. The molecule has 13 rings (SSSR count). The molecule has 8 aromatic carbocycles. The molecule has 13 aromatic rings. The number of nitro benzene ring substituents is 2. The fourth-order valence-corrected chi connectivity index (χ4v) is 11.0. The zero-order valence-electron chi connectivity index (χ0n) is 71.3. The smallest absolute Gasteiger partial charge is 0.417 e. The maximum absolute atomic E-state index is 12.7. The number of benzene rings is 8. The van der Waals surface area contributed by atoms with Crippen LogP contribution in [-0.2, 0) is 48.9 Å². The molecule has 0 atom stereocenters. The number of ether oxygens (including phenoxy) is 8. The number of nitrogens with one attached hydrogen (secondary N) is 1. The first kappa shape index (κ1) is 108. The quantitative estimate of drug-likeness (QED) is 0.00991. The van der Waals surface area contributed by atoms with E-state index in [0.717, 1.165) is 41.0 Å². The Morgan fingerprint density at radius 1 is 0.400 bits per heavy atom. The van der Waals surface area contributed by atoms with Crippen LogP contribution in [0.1, 0.15) is 108 Å². The number of non-ortho nitro benzene ring substituents is 2. The van der Waals surface area contributed by atoms with Gasteiger partial charge in [0.05, 0.1) is 57.4 Å². The molecule has 7 N–H and O–H groups in total. The van der Waals surface area contributed by atoms with Crippen LogP contribution in [0.3, 0.4) is 0 Å². The molecule has 0 unspecified atom stereocenters. The molecule has 5 aromatic heterocycles. The highest BCUT2D eigenvalue weighted by Crippen LogP contribution is 2.38. The van der Waals surface area contributed by atoms with Gasteiger partial charge in [0, 0.05) is 118 Å². The number of nitro groups is 2. The average Bonchev–Trinajstić information content (AvgIpc) is 0.828. The number of phenols is 1. The molecule has 1 amide bonds. The molecule has 42 heteroatoms. The van der Waals surface area contributed by atoms with Gasteiger partial charge >= 0.3 is 48.3 Å². The Hall–Kier alpha value is -15.6. The summed E-state index contributed by atoms with van der Waals surface area (Å²) in [5, 5.41) is 40.7. The van der Waals surface area contributed by atoms with Gasteiger partial charge in [0.1, 0.15) is 63.2 Å². The number of Topliss-reactive ketones (excluding diaryl/α,β-unsaturated/α-hetero) is 1. The van der Waals surface area contributed by atoms with Gasteiger partial charge in [0.25, 0.3) is 11.4 Å². The number of nitrogens with zero attached hydrogens (tertiary/aromatic N) is 7. The minimum absolute atomic E-state index is 0.0159. The van der Waals surface area contributed by atoms with Crippen LogP contribution in [0.5, 0.6) is 46.0 Å². The predicted octanol–water partition coefficient (Wildman–Crippen LogP) is 23.5. The van der Waals surface area contributed by atoms with Crippen molar-refractivity contribution in [3.05, 3.63) is 375 Å². The van der Waals surface area contributed by atoms with Crippen LogP contribution in [-0.4, -0.2) is 113 Å². The number of aryl methyl sites for hydroxylation is 1. The van der Waals surface area contributed by atoms with E-state index < -0.39 is 74.3 Å². The molecule has 704 valence electrons. The summed E-state index contributed by atoms with van der Waals surface area (Å²) in [6.07, 6.45) is -1.99. The van der Waals surface area contributed by atoms with E-state index in [1.807, 2.05) is 37.3 Å². The maximum Gasteiger partial charge on any atom is 0.417 e. The molecule has 0 saturated carbocycles. The van der Waals surface area contributed by atoms with Gasteiger partial charge in [0.15, 0.2) is 17.1 Å². The highest BCUT2D eigenvalue weighted by molar-refractivity contribution is 6.32. The Morgan fingerprint density at radius 2 is 0.756 bits per heavy atom. The number of halogens is 11. The summed E-state index contributed by atoms with van der Waals surface area (Å²) in [6.45, 7) is 10.0. The van der Waals surface area contributed by atoms with Gasteiger partial charge in [0.2, 0.25) is 0 Å². The average molecular weight is 1960 g/mol. The Morgan fingerprint density at radius 3 is 1.15 bits per heavy atom. The number of aromatic nitrogens is 5. The molecule has 0 spiro atoms. The largest absolute Gasteiger partial charge is 0.508 e. The topological polar surface area (TPSA) is 449 Å². The van der Waals surface area contributed by atoms with Crippen molar-refractivity contribution in [1.29, 1.82) is 0 Å². The summed E-state index contributed by atoms with van der Waals surface area (Å²) >= 11 is 28.0. The summed E-state index contributed by atoms with van der Waals surface area (Å²) in [5.74, 6) is 0.466. The highest BCUT2D eigenvalue weighted by Gasteiger charge is 2.35. The van der Waals surface area contributed by atoms with Crippen LogP contribution in [0.15, 0.2) is 274 Å². The Bertz CT molecular complexity index is 6150. The number of nitrogens with two attached hydrogens (primary N) is 2. The number of amides is 1. The minimum Gasteiger partial charge on any atom is -0.508 e. The number of carboxylic acids is 1. The van der Waals surface area contributed by atoms with Gasteiger partial charge < -0.3 is 59.6 Å². The van der Waals surface area contributed by atoms with Crippen molar-refractivity contribution < 1.29 is 118 Å². The number of hydrogen-bond acceptors (Lipinski definition) is 27. The second-order valence-corrected chi connectivity index (χ2v) is 28.4. The van der Waals surface area contributed by atoms with E-state index in [1.165, 1.54) is 128 Å². The molecule has 0 aliphatic carbocycles. The number of esters is 4. The number of rotatable bonds is 23. The second kappa shape index (κ2) is 54.9. The number of anilines is 3. The zero-order valence-corrected chi connectivity index (χ0v) is 75.1. The molecule has 0 aliphatic rings. The molecule has 0 aliphatic heterocycles. The van der Waals surface area contributed by atoms with Gasteiger partial charge in [-0.1, -0.05) is 100 Å². The van der Waals surface area contributed by atoms with E-state index in [9.17, 15) is 80.1 Å². The number of carbonyl (C=O) groups is 7. The standard InChI is InChI=1S/C24H22ClNO4.C14H9ClF3NO2.C14H12N2O5.C14H14N2O3.C8H8ClNO2.C7H5ClF3N.C6H4ClNO2.C6H5NO3/c1-3-29-24(28)23-15-21(10-11-26-23)30-20-7-4-17(5-8-20)13-19(27)14-18-6-9-22(25)16(2)12-18;15-12-7-6-9(8-11(12)14(16,17)18)19-13(20)21-10-4-2-1-3-5-10;1-2-20-14(17)13-9-12(7-8-15-13)21-11-5-3-10(4-6-11)16(18)19;1-2-18-14(17)13-9-12(7-8-16-13)19-11-5-3-10(15)4-6-11;1-2-12-8(11)7-5-6(9)3-4-10-7;8-6-2-1-4(12)3-5(6)7(9,10)11;7-4-1-2-8-5(3-4)6(9)10;8-6-3-1-5(2-4-6)7(9)10/h4-12,15H,3,13-14H2,1-2H3;1-8H,(H,19,20);3-9H,2H2,1H3;3-9H,2,15H2,1H3;3-5H,2H2,1H3;1-3H,12H2;1-3H,(H,9,10);1-4,8H. The Balaban J connectivity index is 0.000000244. The summed E-state index contributed by atoms with van der Waals surface area (Å²) in [4.78, 5) is 119. The molecule has 0 fully saturated rings. The molecule has 0 bridgehead atoms. The fraction of sp³-hybridized carbons (Fsp3) is 0.140. The van der Waals surface area contributed by atoms with E-state index in [1.54, 1.807) is 119 Å². The lowest BCUT2D eigenvalue weighted by molar-refractivity contribution is -0.385. The normalized spacial score (nSPS) is 10.3. The number of aromatic carboxylic acids is 1. The van der Waals surface area contributed by atoms with E-state index in [2.05, 4.69) is 30.2 Å². The number of para-hydroxylation sites is 1. The zero-order chi connectivity index (χ0) is 99.3. The molecular formula is C93H79Cl5F6N10O21. The van der Waals surface area contributed by atoms with Crippen LogP contribution in [0, 0.1) is 27.2 Å². The maximum atomic E-state index is 12.7. The molecule has 135 heavy (non-hydrogen) atoms. The molecule has 31 nitrogen and oxygen atoms in total. The van der Waals surface area contributed by atoms with E-state index >= 15 is 0 Å². The van der Waals surface area contributed by atoms with Crippen molar-refractivity contribution in [2.24, 2.45) is 0 Å². The number of phenolic OH excluding ortho intramolecular Hbond substituents is 1. The number of ketones is 1. The van der Waals surface area contributed by atoms with Crippen molar-refractivity contribution in [1.82, 2.24) is 24.9 Å². The van der Waals surface area contributed by atoms with Gasteiger partial charge in [-0.3, -0.25) is 30.3 Å². The summed E-state index contributed by atoms with van der Waals surface area (Å²) in [6, 6.07) is 60.3. The molecule has 5 heterocycles. The first-order valence-corrected chi connectivity index (χ1v) is 41.0. The highest BCUT2D eigenvalue weighted by atomic mass is 35.5. The minimum atomic E-state index is -4.60. The third-order valence-electron chi connectivity index (χ3n) is 16.2. The lowest BCUT2D eigenvalue weighted by Gasteiger charge is -2.11. The summed E-state index contributed by atoms with van der Waals surface area (Å²) in [7, 11) is 0. The van der Waals surface area contributed by atoms with Crippen LogP contribution >= 0.6 is 58.0 Å². The fourth-order valence-electron chi connectivity index (χ4n) is 10.1. The van der Waals surface area contributed by atoms with Gasteiger partial charge in [-0.15, -0.1) is 0 Å². The molecular weight excluding hydrogens is 1880 g/mol. The third kappa shape index (κ3) is 39.6. The number of carbonyl (C=O) groups excluding carboxylic acids is 6. The Kier molecular flexibility index (Phi) is 44.0. The van der Waals surface area contributed by atoms with E-state index in [4.69, 9.17) is 118 Å². The summed E-state index contributed by atoms with van der Waals surface area (Å²) in [5.41, 5.74) is 13.0. The van der Waals surface area contributed by atoms with Crippen LogP contribution in [0.2, 0.25) is 25.1 Å². The number of hydrogen-bond donors (Lipinski definition) is 5. The van der Waals surface area contributed by atoms with Crippen LogP contribution in [0.25, 0.3) is 0 Å². The van der Waals surface area contributed by atoms with Crippen molar-refractivity contribution in [3.8, 4) is 46.0 Å². The van der Waals surface area contributed by atoms with Crippen molar-refractivity contribution in [2.45, 2.75) is 59.8 Å². The van der Waals surface area contributed by atoms with Crippen molar-refractivity contribution in [3.63, 3.8) is 0 Å². The number of alkyl halides is 6. The number of carboxylic acid groups (broad SMARTS) is 1. The lowest BCUT2D eigenvalue weighted by atomic mass is 10.0. The first-order chi connectivity index (χ1) is 64.1. The van der Waals surface area contributed by atoms with Crippen LogP contribution in [0.4, 0.5) is 59.6 Å². The Labute approximate surface area is 790 Å². The predicted molar refractivity (Wildman–Crippen MR) is 489 cm³/mol. The van der Waals surface area contributed by atoms with Crippen LogP contribution < -0.4 is 35.7 Å². The lowest BCUT2D eigenvalue weighted by Crippen LogP contribution is -2.17. The second-order valence-electron chi connectivity index (χ2n) is 26.3.